The summed E-state index contributed by atoms with van der Waals surface area (Å²) in [7, 11) is -0.315. The molecule has 2 heteroatoms. The van der Waals surface area contributed by atoms with Crippen molar-refractivity contribution in [3.63, 3.8) is 0 Å². The first kappa shape index (κ1) is 15.5. The molecule has 0 saturated carbocycles. The maximum absolute atomic E-state index is 2.34. The Bertz CT molecular complexity index is 680. The molecule has 0 amide bonds. The highest BCUT2D eigenvalue weighted by molar-refractivity contribution is 7.72. The summed E-state index contributed by atoms with van der Waals surface area (Å²) in [6, 6.07) is 30.2. The fourth-order valence-electron chi connectivity index (χ4n) is 2.42. The maximum atomic E-state index is 2.34. The van der Waals surface area contributed by atoms with Crippen molar-refractivity contribution in [2.24, 2.45) is 0 Å². The van der Waals surface area contributed by atoms with E-state index in [1.807, 2.05) is 0 Å². The average Bonchev–Trinajstić information content (AvgIpc) is 2.56. The molecule has 0 heterocycles. The van der Waals surface area contributed by atoms with Gasteiger partial charge in [-0.25, -0.2) is 0 Å². The topological polar surface area (TPSA) is 0 Å². The van der Waals surface area contributed by atoms with Crippen LogP contribution in [-0.2, 0) is 0 Å². The minimum absolute atomic E-state index is 0. The minimum atomic E-state index is -0.315. The molecular formula is C19H17BP. The first-order chi connectivity index (χ1) is 9.86. The maximum Gasteiger partial charge on any atom is 0 e. The van der Waals surface area contributed by atoms with Crippen LogP contribution < -0.4 is 10.6 Å². The molecule has 101 valence electrons. The highest BCUT2D eigenvalue weighted by atomic mass is 31.1. The summed E-state index contributed by atoms with van der Waals surface area (Å²) in [4.78, 5) is 0. The Labute approximate surface area is 130 Å². The van der Waals surface area contributed by atoms with Gasteiger partial charge in [0.25, 0.3) is 0 Å². The molecule has 0 fully saturated rings. The zero-order chi connectivity index (χ0) is 13.8. The van der Waals surface area contributed by atoms with Crippen LogP contribution in [-0.4, -0.2) is 15.1 Å². The van der Waals surface area contributed by atoms with Gasteiger partial charge in [0.05, 0.1) is 0 Å². The normalized spacial score (nSPS) is 11.5. The van der Waals surface area contributed by atoms with Crippen LogP contribution in [0.1, 0.15) is 0 Å². The Morgan fingerprint density at radius 2 is 1.14 bits per heavy atom. The Hall–Kier alpha value is -1.85. The lowest BCUT2D eigenvalue weighted by Gasteiger charge is -2.17. The third-order valence-corrected chi connectivity index (χ3v) is 5.68. The molecule has 0 aliphatic carbocycles. The van der Waals surface area contributed by atoms with Crippen molar-refractivity contribution in [2.75, 3.05) is 6.66 Å². The summed E-state index contributed by atoms with van der Waals surface area (Å²) in [5.41, 5.74) is 2.65. The summed E-state index contributed by atoms with van der Waals surface area (Å²) < 4.78 is 0. The molecule has 0 bridgehead atoms. The second-order valence-electron chi connectivity index (χ2n) is 4.78. The molecule has 3 rings (SSSR count). The van der Waals surface area contributed by atoms with Crippen LogP contribution in [0.2, 0.25) is 0 Å². The molecule has 0 nitrogen and oxygen atoms in total. The monoisotopic (exact) mass is 287 g/mol. The Balaban J connectivity index is 0.00000161. The van der Waals surface area contributed by atoms with E-state index >= 15 is 0 Å². The molecule has 3 aromatic rings. The van der Waals surface area contributed by atoms with Crippen LogP contribution >= 0.6 is 7.92 Å². The zero-order valence-electron chi connectivity index (χ0n) is 12.1. The highest BCUT2D eigenvalue weighted by Gasteiger charge is 2.12. The molecule has 21 heavy (non-hydrogen) atoms. The van der Waals surface area contributed by atoms with E-state index in [9.17, 15) is 0 Å². The molecule has 1 atom stereocenters. The van der Waals surface area contributed by atoms with Crippen molar-refractivity contribution < 1.29 is 0 Å². The van der Waals surface area contributed by atoms with Crippen LogP contribution in [0.15, 0.2) is 84.9 Å². The molecule has 0 aromatic heterocycles. The van der Waals surface area contributed by atoms with E-state index in [0.717, 1.165) is 0 Å². The van der Waals surface area contributed by atoms with Crippen LogP contribution in [0, 0.1) is 0 Å². The Morgan fingerprint density at radius 3 is 1.81 bits per heavy atom. The molecule has 3 radical (unpaired) electrons. The second-order valence-corrected chi connectivity index (χ2v) is 6.89. The van der Waals surface area contributed by atoms with Crippen molar-refractivity contribution in [3.05, 3.63) is 84.9 Å². The zero-order valence-corrected chi connectivity index (χ0v) is 13.0. The lowest BCUT2D eigenvalue weighted by molar-refractivity contribution is 1.65. The summed E-state index contributed by atoms with van der Waals surface area (Å²) >= 11 is 0. The van der Waals surface area contributed by atoms with Gasteiger partial charge in [-0.05, 0) is 36.3 Å². The van der Waals surface area contributed by atoms with Gasteiger partial charge in [-0.2, -0.15) is 0 Å². The van der Waals surface area contributed by atoms with E-state index in [4.69, 9.17) is 0 Å². The molecule has 0 saturated heterocycles. The molecule has 0 N–H and O–H groups in total. The van der Waals surface area contributed by atoms with Crippen molar-refractivity contribution in [3.8, 4) is 11.1 Å². The minimum Gasteiger partial charge on any atom is -0.0622 e. The van der Waals surface area contributed by atoms with Gasteiger partial charge in [-0.15, -0.1) is 0 Å². The molecule has 3 aromatic carbocycles. The largest absolute Gasteiger partial charge is 0.0622 e. The van der Waals surface area contributed by atoms with Crippen LogP contribution in [0.5, 0.6) is 0 Å². The Kier molecular flexibility index (Phi) is 5.36. The molecule has 1 unspecified atom stereocenters. The van der Waals surface area contributed by atoms with E-state index in [1.165, 1.54) is 21.7 Å². The number of rotatable bonds is 3. The van der Waals surface area contributed by atoms with Gasteiger partial charge in [-0.1, -0.05) is 84.9 Å². The molecular weight excluding hydrogens is 270 g/mol. The van der Waals surface area contributed by atoms with Gasteiger partial charge in [-0.3, -0.25) is 0 Å². The van der Waals surface area contributed by atoms with Gasteiger partial charge in [0.15, 0.2) is 0 Å². The summed E-state index contributed by atoms with van der Waals surface area (Å²) in [5, 5.41) is 2.87. The van der Waals surface area contributed by atoms with Crippen molar-refractivity contribution >= 4 is 26.9 Å². The first-order valence-electron chi connectivity index (χ1n) is 6.79. The van der Waals surface area contributed by atoms with E-state index in [2.05, 4.69) is 91.6 Å². The quantitative estimate of drug-likeness (QED) is 0.504. The van der Waals surface area contributed by atoms with Crippen LogP contribution in [0.3, 0.4) is 0 Å². The van der Waals surface area contributed by atoms with Crippen molar-refractivity contribution in [1.29, 1.82) is 0 Å². The molecule has 0 aliphatic rings. The first-order valence-corrected chi connectivity index (χ1v) is 8.58. The Morgan fingerprint density at radius 1 is 0.619 bits per heavy atom. The molecule has 0 spiro atoms. The third-order valence-electron chi connectivity index (χ3n) is 3.49. The van der Waals surface area contributed by atoms with Crippen molar-refractivity contribution in [2.45, 2.75) is 0 Å². The van der Waals surface area contributed by atoms with Gasteiger partial charge in [0.2, 0.25) is 0 Å². The number of benzene rings is 3. The molecule has 0 aliphatic heterocycles. The second kappa shape index (κ2) is 7.25. The lowest BCUT2D eigenvalue weighted by Crippen LogP contribution is -2.12. The van der Waals surface area contributed by atoms with Crippen LogP contribution in [0.25, 0.3) is 11.1 Å². The number of hydrogen-bond donors (Lipinski definition) is 0. The van der Waals surface area contributed by atoms with Gasteiger partial charge in [0, 0.05) is 8.41 Å². The van der Waals surface area contributed by atoms with Gasteiger partial charge < -0.3 is 0 Å². The van der Waals surface area contributed by atoms with E-state index in [1.54, 1.807) is 0 Å². The van der Waals surface area contributed by atoms with Crippen LogP contribution in [0.4, 0.5) is 0 Å². The van der Waals surface area contributed by atoms with E-state index in [0.29, 0.717) is 0 Å². The fraction of sp³-hybridized carbons (Fsp3) is 0.0526. The standard InChI is InChI=1S/C19H17P.B/c1-20(17-12-6-3-7-13-17)19-15-9-8-14-18(19)16-10-4-2-5-11-16;/h2-15H,1H3;. The highest BCUT2D eigenvalue weighted by Crippen LogP contribution is 2.33. The predicted molar refractivity (Wildman–Crippen MR) is 96.2 cm³/mol. The summed E-state index contributed by atoms with van der Waals surface area (Å²) in [6.07, 6.45) is 0. The average molecular weight is 287 g/mol. The fourth-order valence-corrected chi connectivity index (χ4v) is 4.19. The smallest absolute Gasteiger partial charge is 0 e. The number of hydrogen-bond acceptors (Lipinski definition) is 0. The lowest BCUT2D eigenvalue weighted by atomic mass is 10.1. The van der Waals surface area contributed by atoms with E-state index < -0.39 is 0 Å². The van der Waals surface area contributed by atoms with E-state index in [-0.39, 0.29) is 16.3 Å². The van der Waals surface area contributed by atoms with Gasteiger partial charge >= 0.3 is 0 Å². The SMILES string of the molecule is CP(c1ccccc1)c1ccccc1-c1ccccc1.[B]. The van der Waals surface area contributed by atoms with Gasteiger partial charge in [0.1, 0.15) is 0 Å². The predicted octanol–water partition coefficient (Wildman–Crippen LogP) is 4.04. The summed E-state index contributed by atoms with van der Waals surface area (Å²) in [5.74, 6) is 0. The summed E-state index contributed by atoms with van der Waals surface area (Å²) in [6.45, 7) is 2.34. The van der Waals surface area contributed by atoms with Crippen molar-refractivity contribution in [1.82, 2.24) is 0 Å². The third kappa shape index (κ3) is 3.43.